The molecule has 0 fully saturated rings. The van der Waals surface area contributed by atoms with Gasteiger partial charge in [-0.05, 0) is 34.8 Å². The molecule has 0 aliphatic rings. The van der Waals surface area contributed by atoms with Crippen molar-refractivity contribution in [3.63, 3.8) is 0 Å². The second-order valence-corrected chi connectivity index (χ2v) is 6.66. The summed E-state index contributed by atoms with van der Waals surface area (Å²) in [7, 11) is 4.81. The summed E-state index contributed by atoms with van der Waals surface area (Å²) in [6.07, 6.45) is 1.55. The predicted molar refractivity (Wildman–Crippen MR) is 115 cm³/mol. The van der Waals surface area contributed by atoms with Crippen LogP contribution in [0, 0.1) is 5.92 Å². The van der Waals surface area contributed by atoms with Crippen LogP contribution < -0.4 is 0 Å². The molecule has 0 aliphatic heterocycles. The van der Waals surface area contributed by atoms with E-state index in [0.717, 1.165) is 16.7 Å². The zero-order valence-electron chi connectivity index (χ0n) is 18.2. The maximum Gasteiger partial charge on any atom is 0.345 e. The van der Waals surface area contributed by atoms with Crippen molar-refractivity contribution in [3.8, 4) is 11.1 Å². The third-order valence-corrected chi connectivity index (χ3v) is 4.73. The van der Waals surface area contributed by atoms with E-state index in [1.54, 1.807) is 12.1 Å². The molecule has 0 saturated carbocycles. The van der Waals surface area contributed by atoms with E-state index in [1.807, 2.05) is 36.4 Å². The molecule has 32 heavy (non-hydrogen) atoms. The molecule has 0 spiro atoms. The second-order valence-electron chi connectivity index (χ2n) is 6.66. The molecule has 0 aliphatic carbocycles. The quantitative estimate of drug-likeness (QED) is 0.203. The zero-order chi connectivity index (χ0) is 23.7. The minimum atomic E-state index is -1.03. The van der Waals surface area contributed by atoms with Gasteiger partial charge in [-0.3, -0.25) is 9.59 Å². The van der Waals surface area contributed by atoms with Gasteiger partial charge in [0.15, 0.2) is 5.92 Å². The van der Waals surface area contributed by atoms with Gasteiger partial charge in [0.2, 0.25) is 0 Å². The smallest absolute Gasteiger partial charge is 0.345 e. The molecule has 2 aromatic carbocycles. The Hall–Kier alpha value is -3.94. The van der Waals surface area contributed by atoms with Crippen molar-refractivity contribution in [2.75, 3.05) is 28.4 Å². The van der Waals surface area contributed by atoms with E-state index in [2.05, 4.69) is 18.9 Å². The summed E-state index contributed by atoms with van der Waals surface area (Å²) in [6.45, 7) is 0. The number of esters is 4. The molecule has 168 valence electrons. The first-order valence-electron chi connectivity index (χ1n) is 9.58. The molecular formula is C24H24O8. The monoisotopic (exact) mass is 440 g/mol. The number of benzene rings is 2. The van der Waals surface area contributed by atoms with E-state index >= 15 is 0 Å². The average molecular weight is 440 g/mol. The Balaban J connectivity index is 2.20. The molecule has 8 nitrogen and oxygen atoms in total. The third kappa shape index (κ3) is 6.04. The fourth-order valence-corrected chi connectivity index (χ4v) is 2.98. The normalized spacial score (nSPS) is 10.2. The molecule has 0 saturated heterocycles. The van der Waals surface area contributed by atoms with E-state index in [1.165, 1.54) is 34.5 Å². The van der Waals surface area contributed by atoms with Gasteiger partial charge in [0.05, 0.1) is 28.4 Å². The van der Waals surface area contributed by atoms with Crippen LogP contribution in [0.25, 0.3) is 17.2 Å². The molecule has 0 atom stereocenters. The van der Waals surface area contributed by atoms with Crippen molar-refractivity contribution in [3.05, 3.63) is 65.2 Å². The standard InChI is InChI=1S/C24H24O8/c1-29-21(25)19(22(26)30-2)13-15-5-9-17(10-6-15)18-11-7-16(8-12-18)14-20(23(27)31-3)24(28)32-4/h5-13,20H,14H2,1-4H3. The number of hydrogen-bond acceptors (Lipinski definition) is 8. The SMILES string of the molecule is COC(=O)C(=Cc1ccc(-c2ccc(CC(C(=O)OC)C(=O)OC)cc2)cc1)C(=O)OC. The van der Waals surface area contributed by atoms with Gasteiger partial charge in [0, 0.05) is 0 Å². The number of carbonyl (C=O) groups is 4. The lowest BCUT2D eigenvalue weighted by atomic mass is 9.96. The molecule has 0 amide bonds. The highest BCUT2D eigenvalue weighted by Crippen LogP contribution is 2.23. The van der Waals surface area contributed by atoms with Crippen LogP contribution in [0.3, 0.4) is 0 Å². The first kappa shape index (κ1) is 24.3. The van der Waals surface area contributed by atoms with Crippen molar-refractivity contribution < 1.29 is 38.1 Å². The summed E-state index contributed by atoms with van der Waals surface area (Å²) in [5.41, 5.74) is 2.98. The molecule has 0 aromatic heterocycles. The molecule has 0 N–H and O–H groups in total. The van der Waals surface area contributed by atoms with E-state index < -0.39 is 29.8 Å². The van der Waals surface area contributed by atoms with Gasteiger partial charge < -0.3 is 18.9 Å². The Morgan fingerprint density at radius 2 is 1.12 bits per heavy atom. The maximum atomic E-state index is 11.9. The van der Waals surface area contributed by atoms with Crippen LogP contribution in [0.5, 0.6) is 0 Å². The van der Waals surface area contributed by atoms with Gasteiger partial charge in [0.1, 0.15) is 5.57 Å². The fraction of sp³-hybridized carbons (Fsp3) is 0.250. The molecule has 0 unspecified atom stereocenters. The van der Waals surface area contributed by atoms with Crippen LogP contribution in [0.4, 0.5) is 0 Å². The zero-order valence-corrected chi connectivity index (χ0v) is 18.2. The predicted octanol–water partition coefficient (Wildman–Crippen LogP) is 2.59. The number of rotatable bonds is 8. The highest BCUT2D eigenvalue weighted by molar-refractivity contribution is 6.17. The Morgan fingerprint density at radius 1 is 0.688 bits per heavy atom. The molecule has 8 heteroatoms. The van der Waals surface area contributed by atoms with Crippen molar-refractivity contribution >= 4 is 30.0 Å². The number of methoxy groups -OCH3 is 4. The first-order valence-corrected chi connectivity index (χ1v) is 9.58. The number of hydrogen-bond donors (Lipinski definition) is 0. The molecule has 0 heterocycles. The minimum Gasteiger partial charge on any atom is -0.468 e. The summed E-state index contributed by atoms with van der Waals surface area (Å²) in [5.74, 6) is -3.89. The third-order valence-electron chi connectivity index (χ3n) is 4.73. The van der Waals surface area contributed by atoms with Crippen LogP contribution >= 0.6 is 0 Å². The Bertz CT molecular complexity index is 969. The van der Waals surface area contributed by atoms with Crippen LogP contribution in [-0.2, 0) is 44.5 Å². The van der Waals surface area contributed by atoms with E-state index in [0.29, 0.717) is 5.56 Å². The molecule has 0 bridgehead atoms. The van der Waals surface area contributed by atoms with Gasteiger partial charge in [-0.25, -0.2) is 9.59 Å². The summed E-state index contributed by atoms with van der Waals surface area (Å²) < 4.78 is 18.6. The van der Waals surface area contributed by atoms with Crippen LogP contribution in [0.15, 0.2) is 54.1 Å². The van der Waals surface area contributed by atoms with Gasteiger partial charge in [-0.15, -0.1) is 0 Å². The van der Waals surface area contributed by atoms with Gasteiger partial charge in [-0.2, -0.15) is 0 Å². The largest absolute Gasteiger partial charge is 0.468 e. The fourth-order valence-electron chi connectivity index (χ4n) is 2.98. The summed E-state index contributed by atoms with van der Waals surface area (Å²) in [6, 6.07) is 14.5. The van der Waals surface area contributed by atoms with Crippen molar-refractivity contribution in [1.29, 1.82) is 0 Å². The highest BCUT2D eigenvalue weighted by atomic mass is 16.5. The van der Waals surface area contributed by atoms with E-state index in [9.17, 15) is 19.2 Å². The van der Waals surface area contributed by atoms with Crippen LogP contribution in [0.2, 0.25) is 0 Å². The van der Waals surface area contributed by atoms with Crippen LogP contribution in [-0.4, -0.2) is 52.3 Å². The highest BCUT2D eigenvalue weighted by Gasteiger charge is 2.28. The summed E-state index contributed by atoms with van der Waals surface area (Å²) >= 11 is 0. The lowest BCUT2D eigenvalue weighted by molar-refractivity contribution is -0.158. The molecule has 2 rings (SSSR count). The molecule has 2 aromatic rings. The minimum absolute atomic E-state index is 0.160. The molecule has 0 radical (unpaired) electrons. The van der Waals surface area contributed by atoms with E-state index in [-0.39, 0.29) is 12.0 Å². The first-order chi connectivity index (χ1) is 15.3. The summed E-state index contributed by atoms with van der Waals surface area (Å²) in [5, 5.41) is 0. The lowest BCUT2D eigenvalue weighted by Crippen LogP contribution is -2.28. The van der Waals surface area contributed by atoms with Crippen molar-refractivity contribution in [1.82, 2.24) is 0 Å². The van der Waals surface area contributed by atoms with Gasteiger partial charge in [-0.1, -0.05) is 48.5 Å². The van der Waals surface area contributed by atoms with Gasteiger partial charge in [0.25, 0.3) is 0 Å². The summed E-state index contributed by atoms with van der Waals surface area (Å²) in [4.78, 5) is 47.3. The lowest BCUT2D eigenvalue weighted by Gasteiger charge is -2.12. The topological polar surface area (TPSA) is 105 Å². The Morgan fingerprint density at radius 3 is 1.53 bits per heavy atom. The van der Waals surface area contributed by atoms with Gasteiger partial charge >= 0.3 is 23.9 Å². The average Bonchev–Trinajstić information content (AvgIpc) is 2.84. The Labute approximate surface area is 185 Å². The Kier molecular flexibility index (Phi) is 8.71. The number of ether oxygens (including phenoxy) is 4. The molecular weight excluding hydrogens is 416 g/mol. The van der Waals surface area contributed by atoms with Crippen molar-refractivity contribution in [2.45, 2.75) is 6.42 Å². The van der Waals surface area contributed by atoms with Crippen LogP contribution in [0.1, 0.15) is 11.1 Å². The van der Waals surface area contributed by atoms with Crippen molar-refractivity contribution in [2.24, 2.45) is 5.92 Å². The second kappa shape index (κ2) is 11.5. The maximum absolute atomic E-state index is 11.9. The van der Waals surface area contributed by atoms with E-state index in [4.69, 9.17) is 0 Å². The number of carbonyl (C=O) groups excluding carboxylic acids is 4.